The predicted octanol–water partition coefficient (Wildman–Crippen LogP) is 5.90. The van der Waals surface area contributed by atoms with Gasteiger partial charge in [0, 0.05) is 23.2 Å². The summed E-state index contributed by atoms with van der Waals surface area (Å²) in [7, 11) is 0. The summed E-state index contributed by atoms with van der Waals surface area (Å²) in [6, 6.07) is 18.8. The van der Waals surface area contributed by atoms with Crippen molar-refractivity contribution in [1.82, 2.24) is 0 Å². The van der Waals surface area contributed by atoms with Gasteiger partial charge in [-0.25, -0.2) is 4.39 Å². The zero-order chi connectivity index (χ0) is 18.5. The van der Waals surface area contributed by atoms with Crippen molar-refractivity contribution in [2.75, 3.05) is 5.32 Å². The number of benzene rings is 3. The number of halogens is 1. The zero-order valence-electron chi connectivity index (χ0n) is 15.1. The second-order valence-electron chi connectivity index (χ2n) is 7.67. The van der Waals surface area contributed by atoms with Crippen molar-refractivity contribution in [2.24, 2.45) is 5.92 Å². The Labute approximate surface area is 157 Å². The fraction of sp³-hybridized carbons (Fsp3) is 0.208. The standard InChI is InChI=1S/C24H20FNO/c1-14-12-19-22-18-5-3-2-4-15(18)8-11-20(22)26-24(23(19)21(27)13-14)16-6-9-17(25)10-7-16/h2-11,14,24,26H,12-13H2,1H3/t14-,24-/m0/s1. The van der Waals surface area contributed by atoms with Gasteiger partial charge < -0.3 is 5.32 Å². The Kier molecular flexibility index (Phi) is 3.64. The van der Waals surface area contributed by atoms with Crippen LogP contribution in [-0.4, -0.2) is 5.78 Å². The molecule has 1 heterocycles. The predicted molar refractivity (Wildman–Crippen MR) is 107 cm³/mol. The van der Waals surface area contributed by atoms with E-state index < -0.39 is 0 Å². The van der Waals surface area contributed by atoms with Gasteiger partial charge in [-0.1, -0.05) is 49.4 Å². The number of carbonyl (C=O) groups is 1. The molecule has 1 aliphatic carbocycles. The quantitative estimate of drug-likeness (QED) is 0.587. The van der Waals surface area contributed by atoms with Crippen molar-refractivity contribution in [1.29, 1.82) is 0 Å². The number of Topliss-reactive ketones (excluding diaryl/α,β-unsaturated/α-hetero) is 1. The molecule has 2 atom stereocenters. The minimum absolute atomic E-state index is 0.198. The highest BCUT2D eigenvalue weighted by Gasteiger charge is 2.36. The number of nitrogens with one attached hydrogen (secondary N) is 1. The first-order valence-electron chi connectivity index (χ1n) is 9.42. The molecule has 0 bridgehead atoms. The summed E-state index contributed by atoms with van der Waals surface area (Å²) in [6.45, 7) is 2.14. The Morgan fingerprint density at radius 1 is 0.963 bits per heavy atom. The zero-order valence-corrected chi connectivity index (χ0v) is 15.1. The van der Waals surface area contributed by atoms with Crippen LogP contribution in [-0.2, 0) is 4.79 Å². The van der Waals surface area contributed by atoms with E-state index in [0.717, 1.165) is 34.4 Å². The summed E-state index contributed by atoms with van der Waals surface area (Å²) < 4.78 is 13.4. The molecule has 1 aliphatic heterocycles. The molecule has 0 fully saturated rings. The fourth-order valence-electron chi connectivity index (χ4n) is 4.55. The van der Waals surface area contributed by atoms with Crippen molar-refractivity contribution >= 4 is 27.8 Å². The minimum Gasteiger partial charge on any atom is -0.373 e. The second-order valence-corrected chi connectivity index (χ2v) is 7.67. The smallest absolute Gasteiger partial charge is 0.161 e. The van der Waals surface area contributed by atoms with Gasteiger partial charge in [0.15, 0.2) is 5.78 Å². The Hall–Kier alpha value is -2.94. The number of hydrogen-bond donors (Lipinski definition) is 1. The van der Waals surface area contributed by atoms with Gasteiger partial charge in [-0.15, -0.1) is 0 Å². The highest BCUT2D eigenvalue weighted by atomic mass is 19.1. The second kappa shape index (κ2) is 6.05. The minimum atomic E-state index is -0.265. The molecule has 0 unspecified atom stereocenters. The van der Waals surface area contributed by atoms with Crippen LogP contribution in [0.3, 0.4) is 0 Å². The van der Waals surface area contributed by atoms with Crippen LogP contribution in [0.1, 0.15) is 36.9 Å². The maximum atomic E-state index is 13.4. The number of anilines is 1. The summed E-state index contributed by atoms with van der Waals surface area (Å²) in [5.74, 6) is 0.262. The van der Waals surface area contributed by atoms with Crippen LogP contribution in [0.2, 0.25) is 0 Å². The third-order valence-electron chi connectivity index (χ3n) is 5.73. The molecule has 0 radical (unpaired) electrons. The largest absolute Gasteiger partial charge is 0.373 e. The van der Waals surface area contributed by atoms with Gasteiger partial charge in [0.1, 0.15) is 5.82 Å². The average molecular weight is 357 g/mol. The molecule has 2 nitrogen and oxygen atoms in total. The molecule has 134 valence electrons. The third kappa shape index (κ3) is 2.57. The number of carbonyl (C=O) groups excluding carboxylic acids is 1. The molecule has 0 amide bonds. The SMILES string of the molecule is C[C@@H]1CC(=O)C2=C(C1)c1c(ccc3ccccc13)N[C@H]2c1ccc(F)cc1. The number of rotatable bonds is 1. The van der Waals surface area contributed by atoms with Gasteiger partial charge in [-0.05, 0) is 52.4 Å². The molecular weight excluding hydrogens is 337 g/mol. The van der Waals surface area contributed by atoms with Crippen LogP contribution >= 0.6 is 0 Å². The molecule has 3 aromatic rings. The highest BCUT2D eigenvalue weighted by Crippen LogP contribution is 2.48. The lowest BCUT2D eigenvalue weighted by Gasteiger charge is -2.36. The highest BCUT2D eigenvalue weighted by molar-refractivity contribution is 6.12. The molecule has 0 spiro atoms. The van der Waals surface area contributed by atoms with E-state index in [-0.39, 0.29) is 17.6 Å². The summed E-state index contributed by atoms with van der Waals surface area (Å²) in [6.07, 6.45) is 1.46. The molecule has 0 saturated carbocycles. The van der Waals surface area contributed by atoms with Crippen molar-refractivity contribution in [3.8, 4) is 0 Å². The van der Waals surface area contributed by atoms with E-state index >= 15 is 0 Å². The van der Waals surface area contributed by atoms with Gasteiger partial charge in [0.05, 0.1) is 6.04 Å². The Bertz CT molecular complexity index is 1100. The lowest BCUT2D eigenvalue weighted by molar-refractivity contribution is -0.116. The third-order valence-corrected chi connectivity index (χ3v) is 5.73. The molecule has 27 heavy (non-hydrogen) atoms. The Morgan fingerprint density at radius 3 is 2.56 bits per heavy atom. The Morgan fingerprint density at radius 2 is 1.74 bits per heavy atom. The molecule has 2 aliphatic rings. The van der Waals surface area contributed by atoms with Crippen molar-refractivity contribution in [2.45, 2.75) is 25.8 Å². The molecule has 3 heteroatoms. The van der Waals surface area contributed by atoms with Crippen LogP contribution < -0.4 is 5.32 Å². The Balaban J connectivity index is 1.78. The van der Waals surface area contributed by atoms with E-state index in [0.29, 0.717) is 12.3 Å². The van der Waals surface area contributed by atoms with E-state index in [2.05, 4.69) is 36.5 Å². The van der Waals surface area contributed by atoms with Crippen LogP contribution in [0, 0.1) is 11.7 Å². The van der Waals surface area contributed by atoms with Crippen LogP contribution in [0.15, 0.2) is 66.2 Å². The topological polar surface area (TPSA) is 29.1 Å². The number of ketones is 1. The van der Waals surface area contributed by atoms with Crippen LogP contribution in [0.4, 0.5) is 10.1 Å². The summed E-state index contributed by atoms with van der Waals surface area (Å²) in [5, 5.41) is 5.92. The lowest BCUT2D eigenvalue weighted by atomic mass is 9.74. The normalized spacial score (nSPS) is 21.6. The van der Waals surface area contributed by atoms with E-state index in [1.807, 2.05) is 12.1 Å². The monoisotopic (exact) mass is 357 g/mol. The first-order chi connectivity index (χ1) is 13.1. The van der Waals surface area contributed by atoms with Crippen molar-refractivity contribution < 1.29 is 9.18 Å². The molecule has 0 aromatic heterocycles. The fourth-order valence-corrected chi connectivity index (χ4v) is 4.55. The maximum absolute atomic E-state index is 13.4. The summed E-state index contributed by atoms with van der Waals surface area (Å²) in [4.78, 5) is 13.1. The van der Waals surface area contributed by atoms with Gasteiger partial charge in [0.25, 0.3) is 0 Å². The van der Waals surface area contributed by atoms with Crippen molar-refractivity contribution in [3.63, 3.8) is 0 Å². The first-order valence-corrected chi connectivity index (χ1v) is 9.42. The lowest BCUT2D eigenvalue weighted by Crippen LogP contribution is -2.29. The van der Waals surface area contributed by atoms with Gasteiger partial charge >= 0.3 is 0 Å². The van der Waals surface area contributed by atoms with Gasteiger partial charge in [-0.3, -0.25) is 4.79 Å². The first kappa shape index (κ1) is 16.2. The van der Waals surface area contributed by atoms with Gasteiger partial charge in [-0.2, -0.15) is 0 Å². The summed E-state index contributed by atoms with van der Waals surface area (Å²) >= 11 is 0. The van der Waals surface area contributed by atoms with E-state index in [1.165, 1.54) is 22.9 Å². The van der Waals surface area contributed by atoms with Crippen molar-refractivity contribution in [3.05, 3.63) is 83.2 Å². The number of hydrogen-bond acceptors (Lipinski definition) is 2. The van der Waals surface area contributed by atoms with E-state index in [1.54, 1.807) is 12.1 Å². The van der Waals surface area contributed by atoms with Crippen LogP contribution in [0.5, 0.6) is 0 Å². The average Bonchev–Trinajstić information content (AvgIpc) is 2.67. The molecule has 0 saturated heterocycles. The molecule has 1 N–H and O–H groups in total. The molecular formula is C24H20FNO. The molecule has 5 rings (SSSR count). The van der Waals surface area contributed by atoms with E-state index in [9.17, 15) is 9.18 Å². The molecule has 3 aromatic carbocycles. The maximum Gasteiger partial charge on any atom is 0.161 e. The van der Waals surface area contributed by atoms with Crippen LogP contribution in [0.25, 0.3) is 16.3 Å². The van der Waals surface area contributed by atoms with E-state index in [4.69, 9.17) is 0 Å². The number of fused-ring (bicyclic) bond motifs is 4. The number of allylic oxidation sites excluding steroid dienone is 1. The van der Waals surface area contributed by atoms with Gasteiger partial charge in [0.2, 0.25) is 0 Å². The summed E-state index contributed by atoms with van der Waals surface area (Å²) in [5.41, 5.74) is 5.12.